The molecule has 43 heavy (non-hydrogen) atoms. The highest BCUT2D eigenvalue weighted by atomic mass is 19.4. The summed E-state index contributed by atoms with van der Waals surface area (Å²) in [5.41, 5.74) is 0.737. The lowest BCUT2D eigenvalue weighted by Gasteiger charge is -2.62. The van der Waals surface area contributed by atoms with Crippen LogP contribution >= 0.6 is 0 Å². The molecule has 1 saturated carbocycles. The van der Waals surface area contributed by atoms with Crippen LogP contribution in [0.2, 0.25) is 0 Å². The Morgan fingerprint density at radius 1 is 1.07 bits per heavy atom. The molecule has 4 aliphatic rings. The molecule has 12 nitrogen and oxygen atoms in total. The van der Waals surface area contributed by atoms with E-state index in [1.54, 1.807) is 14.0 Å². The number of halogens is 6. The molecule has 1 aromatic rings. The van der Waals surface area contributed by atoms with Crippen LogP contribution in [-0.2, 0) is 26.2 Å². The Labute approximate surface area is 240 Å². The number of aliphatic carboxylic acids is 2. The molecule has 242 valence electrons. The number of ketones is 1. The molecule has 2 aliphatic carbocycles. The number of piperidine rings is 1. The van der Waals surface area contributed by atoms with Gasteiger partial charge in [0.05, 0.1) is 18.1 Å². The first-order valence-corrected chi connectivity index (χ1v) is 12.6. The number of nitrogens with zero attached hydrogens (tertiary/aromatic N) is 1. The number of hydrogen-bond acceptors (Lipinski definition) is 8. The van der Waals surface area contributed by atoms with E-state index in [2.05, 4.69) is 23.3 Å². The summed E-state index contributed by atoms with van der Waals surface area (Å²) >= 11 is 0. The van der Waals surface area contributed by atoms with Crippen LogP contribution in [0.4, 0.5) is 31.1 Å². The Hall–Kier alpha value is -3.80. The highest BCUT2D eigenvalue weighted by Gasteiger charge is 2.72. The highest BCUT2D eigenvalue weighted by Crippen LogP contribution is 2.64. The normalized spacial score (nSPS) is 26.4. The lowest BCUT2D eigenvalue weighted by Crippen LogP contribution is -2.76. The maximum atomic E-state index is 12.7. The fourth-order valence-corrected chi connectivity index (χ4v) is 5.84. The van der Waals surface area contributed by atoms with Gasteiger partial charge in [-0.05, 0) is 51.4 Å². The molecular formula is C25H30F6N2O10. The number of methoxy groups -OCH3 is 1. The Kier molecular flexibility index (Phi) is 10.6. The van der Waals surface area contributed by atoms with Gasteiger partial charge in [0.15, 0.2) is 23.4 Å². The van der Waals surface area contributed by atoms with E-state index in [1.165, 1.54) is 5.56 Å². The number of carboxylic acid groups (broad SMARTS) is 3. The number of carbonyl (C=O) groups is 4. The van der Waals surface area contributed by atoms with E-state index in [9.17, 15) is 41.0 Å². The summed E-state index contributed by atoms with van der Waals surface area (Å²) in [5.74, 6) is -4.05. The molecule has 5 N–H and O–H groups in total. The topological polar surface area (TPSA) is 183 Å². The number of nitrogens with one attached hydrogen (secondary N) is 1. The number of rotatable bonds is 2. The van der Waals surface area contributed by atoms with E-state index in [-0.39, 0.29) is 11.8 Å². The van der Waals surface area contributed by atoms with Gasteiger partial charge in [-0.15, -0.1) is 0 Å². The first kappa shape index (κ1) is 35.4. The summed E-state index contributed by atoms with van der Waals surface area (Å²) in [6.45, 7) is 3.08. The van der Waals surface area contributed by atoms with Gasteiger partial charge < -0.3 is 40.1 Å². The number of aliphatic hydroxyl groups is 1. The van der Waals surface area contributed by atoms with E-state index in [0.717, 1.165) is 24.9 Å². The minimum Gasteiger partial charge on any atom is -0.493 e. The zero-order valence-corrected chi connectivity index (χ0v) is 23.0. The van der Waals surface area contributed by atoms with Gasteiger partial charge in [0, 0.05) is 24.6 Å². The zero-order valence-electron chi connectivity index (χ0n) is 23.0. The maximum Gasteiger partial charge on any atom is 0.490 e. The Bertz CT molecular complexity index is 1220. The molecule has 1 aromatic carbocycles. The number of benzene rings is 1. The Morgan fingerprint density at radius 2 is 1.60 bits per heavy atom. The van der Waals surface area contributed by atoms with Crippen LogP contribution in [0.5, 0.6) is 11.5 Å². The van der Waals surface area contributed by atoms with Gasteiger partial charge in [0.25, 0.3) is 0 Å². The molecule has 2 bridgehead atoms. The van der Waals surface area contributed by atoms with Crippen LogP contribution in [0.1, 0.15) is 37.3 Å². The fourth-order valence-electron chi connectivity index (χ4n) is 5.84. The van der Waals surface area contributed by atoms with Crippen molar-refractivity contribution in [2.45, 2.75) is 68.1 Å². The van der Waals surface area contributed by atoms with Crippen LogP contribution in [0.25, 0.3) is 0 Å². The van der Waals surface area contributed by atoms with Crippen LogP contribution in [0.3, 0.4) is 0 Å². The number of Topliss-reactive ketones (excluding diaryl/α,β-unsaturated/α-hetero) is 1. The van der Waals surface area contributed by atoms with Crippen molar-refractivity contribution in [2.24, 2.45) is 0 Å². The van der Waals surface area contributed by atoms with E-state index >= 15 is 0 Å². The lowest BCUT2D eigenvalue weighted by atomic mass is 9.49. The average Bonchev–Trinajstić information content (AvgIpc) is 3.24. The van der Waals surface area contributed by atoms with Crippen molar-refractivity contribution in [3.05, 3.63) is 23.3 Å². The Balaban J connectivity index is 0.000000267. The van der Waals surface area contributed by atoms with Crippen molar-refractivity contribution in [2.75, 3.05) is 27.2 Å². The van der Waals surface area contributed by atoms with Gasteiger partial charge in [-0.25, -0.2) is 14.4 Å². The molecule has 2 heterocycles. The van der Waals surface area contributed by atoms with E-state index < -0.39 is 47.5 Å². The smallest absolute Gasteiger partial charge is 0.490 e. The van der Waals surface area contributed by atoms with Gasteiger partial charge in [-0.1, -0.05) is 6.07 Å². The number of likely N-dealkylation sites (tertiary alicyclic amines) is 1. The predicted molar refractivity (Wildman–Crippen MR) is 132 cm³/mol. The van der Waals surface area contributed by atoms with Crippen molar-refractivity contribution in [1.29, 1.82) is 0 Å². The van der Waals surface area contributed by atoms with E-state index in [4.69, 9.17) is 34.4 Å². The second kappa shape index (κ2) is 12.8. The summed E-state index contributed by atoms with van der Waals surface area (Å²) < 4.78 is 75.1. The van der Waals surface area contributed by atoms with Crippen molar-refractivity contribution in [3.8, 4) is 11.5 Å². The number of likely N-dealkylation sites (N-methyl/N-ethyl adjacent to an activating group) is 1. The molecule has 1 amide bonds. The van der Waals surface area contributed by atoms with Gasteiger partial charge in [0.1, 0.15) is 0 Å². The van der Waals surface area contributed by atoms with E-state index in [0.29, 0.717) is 30.9 Å². The molecule has 5 rings (SSSR count). The second-order valence-electron chi connectivity index (χ2n) is 9.88. The largest absolute Gasteiger partial charge is 0.493 e. The third-order valence-electron chi connectivity index (χ3n) is 7.54. The fraction of sp³-hybridized carbons (Fsp3) is 0.600. The molecule has 0 unspecified atom stereocenters. The summed E-state index contributed by atoms with van der Waals surface area (Å²) in [4.78, 5) is 42.2. The number of carbonyl (C=O) groups excluding carboxylic acids is 1. The van der Waals surface area contributed by atoms with Gasteiger partial charge in [-0.2, -0.15) is 26.3 Å². The monoisotopic (exact) mass is 632 g/mol. The standard InChI is InChI=1S/C18H21NO4.C3H7NO2.2C2HF3O2/c1-19-8-7-17-14-10-3-4-12(22-2)15(14)23-16(17)11(20)5-6-18(17,21)13(19)9-10;1-2-4-3(5)6;2*3-2(4,5)1(6)7/h3-4,13,16,21H,5-9H2,1-2H3;4H,2H2,1H3,(H,5,6);2*(H,6,7)/t13-,16+,17+,18-;;;/m1.../s1. The SMILES string of the molecule is CCNC(=O)O.COc1ccc2c3c1O[C@H]1C(=O)CC[C@@]4(O)[C@@H](C2)N(C)CC[C@]314.O=C(O)C(F)(F)F.O=C(O)C(F)(F)F. The van der Waals surface area contributed by atoms with Crippen molar-refractivity contribution >= 4 is 23.8 Å². The minimum atomic E-state index is -5.08. The molecule has 0 aromatic heterocycles. The first-order valence-electron chi connectivity index (χ1n) is 12.6. The molecule has 18 heteroatoms. The molecule has 1 spiro atoms. The summed E-state index contributed by atoms with van der Waals surface area (Å²) in [6.07, 6.45) is -9.23. The third kappa shape index (κ3) is 6.90. The van der Waals surface area contributed by atoms with Gasteiger partial charge >= 0.3 is 30.4 Å². The highest BCUT2D eigenvalue weighted by molar-refractivity contribution is 5.90. The van der Waals surface area contributed by atoms with Crippen LogP contribution in [-0.4, -0.2) is 106 Å². The number of ether oxygens (including phenoxy) is 2. The Morgan fingerprint density at radius 3 is 2.02 bits per heavy atom. The number of carboxylic acids is 2. The molecule has 4 atom stereocenters. The molecule has 2 aliphatic heterocycles. The number of amides is 1. The van der Waals surface area contributed by atoms with Crippen LogP contribution < -0.4 is 14.8 Å². The number of hydrogen-bond donors (Lipinski definition) is 5. The summed E-state index contributed by atoms with van der Waals surface area (Å²) in [6, 6.07) is 4.05. The second-order valence-corrected chi connectivity index (χ2v) is 9.88. The van der Waals surface area contributed by atoms with Gasteiger partial charge in [-0.3, -0.25) is 4.79 Å². The van der Waals surface area contributed by atoms with Crippen LogP contribution in [0.15, 0.2) is 12.1 Å². The van der Waals surface area contributed by atoms with E-state index in [1.807, 2.05) is 6.07 Å². The third-order valence-corrected chi connectivity index (χ3v) is 7.54. The molecule has 0 radical (unpaired) electrons. The molecule has 1 saturated heterocycles. The summed E-state index contributed by atoms with van der Waals surface area (Å²) in [7, 11) is 3.70. The molecule has 2 fully saturated rings. The zero-order chi connectivity index (χ0) is 33.1. The van der Waals surface area contributed by atoms with Gasteiger partial charge in [0.2, 0.25) is 0 Å². The lowest BCUT2D eigenvalue weighted by molar-refractivity contribution is -0.193. The van der Waals surface area contributed by atoms with Crippen molar-refractivity contribution in [3.63, 3.8) is 0 Å². The first-order chi connectivity index (χ1) is 19.7. The van der Waals surface area contributed by atoms with Crippen molar-refractivity contribution in [1.82, 2.24) is 10.2 Å². The average molecular weight is 633 g/mol. The molecular weight excluding hydrogens is 602 g/mol. The predicted octanol–water partition coefficient (Wildman–Crippen LogP) is 2.59. The van der Waals surface area contributed by atoms with Crippen LogP contribution in [0, 0.1) is 0 Å². The minimum absolute atomic E-state index is 0.0438. The summed E-state index contributed by atoms with van der Waals surface area (Å²) in [5, 5.41) is 35.9. The van der Waals surface area contributed by atoms with Crippen molar-refractivity contribution < 1.29 is 75.4 Å². The number of alkyl halides is 6. The maximum absolute atomic E-state index is 12.7. The quantitative estimate of drug-likeness (QED) is 0.302.